The number of amides is 10. The first-order chi connectivity index (χ1) is 33.0. The Labute approximate surface area is 773 Å². The Balaban J connectivity index is -0.000000100. The van der Waals surface area contributed by atoms with Crippen molar-refractivity contribution in [3.63, 3.8) is 0 Å². The van der Waals surface area contributed by atoms with E-state index in [-0.39, 0.29) is 465 Å². The third kappa shape index (κ3) is 48.6. The maximum Gasteiger partial charge on any atom is 0.0859 e. The van der Waals surface area contributed by atoms with Crippen molar-refractivity contribution in [2.45, 2.75) is 77.2 Å². The number of nitrogens with zero attached hydrogens (tertiary/aromatic N) is 12. The molecule has 4 atom stereocenters. The SMILES string of the molecule is O=C1C=CC[N-]1.O=C1CCCC[N-]1.O=C1CCC[N-]1.O=C1COC[N-]1.O=C1C[N-]C[N-]1.O=C1[N-]CC2CC=CCC12.O=C1[N-]CC2CCCCC12.O=C1[N-]C[N-]C[N-]1.O=C1[N-]Cc2ccccc21.[Y].[Y].[Y].[Y].[Y].[Y].[Y].[Y].[Y].[Y].[Y].[Y]. The van der Waals surface area contributed by atoms with Crippen LogP contribution >= 0.6 is 0 Å². The number of allylic oxidation sites excluding steroid dienone is 2. The summed E-state index contributed by atoms with van der Waals surface area (Å²) < 4.78 is 4.54. The predicted octanol–water partition coefficient (Wildman–Crippen LogP) is 8.34. The molecule has 7 saturated heterocycles. The van der Waals surface area contributed by atoms with Crippen LogP contribution in [-0.4, -0.2) is 126 Å². The van der Waals surface area contributed by atoms with Gasteiger partial charge in [0, 0.05) is 416 Å². The monoisotopic (exact) mass is 2010 g/mol. The standard InChI is InChI=1S/C8H13NO.C8H11NO.C8H7NO.C5H9NO.C4H7NO.C4H5NO.C3H5N3O.C3H5N2O.C3H5NO2.12Y/c3*10-8-7-4-2-1-3-6(7)5-9-8;7-5-3-1-2-4-6-5;2*6-4-2-1-3-5-4;7-3-5-1-4-2-6-3;6-3-1-4-2-5-3;5-3-1-6-2-4-3;;;;;;;;;;;;/h6-7H,1-5H2,(H,9,10);1-2,6-7H,3-5H2,(H,9,10);1-4H,5H2,(H,9,10);1-4H2,(H,6,7);1-3H2,(H,5,6);1-2H,3H2,(H,5,6);1-2H2,(H-,5,6,7);1-2H2,(H,5,6);1-2H2,(H,4,5);;;;;;;;;;;;/q;;;;;;-2;-1;;;;;;;;;;;;;/p-9. The molecule has 9 heterocycles. The van der Waals surface area contributed by atoms with Crippen LogP contribution in [0.2, 0.25) is 0 Å². The van der Waals surface area contributed by atoms with Crippen LogP contribution in [0.5, 0.6) is 0 Å². The third-order valence-corrected chi connectivity index (χ3v) is 11.0. The Morgan fingerprint density at radius 1 is 0.450 bits per heavy atom. The van der Waals surface area contributed by atoms with Crippen LogP contribution < -0.4 is 0 Å². The Hall–Kier alpha value is 6.86. The fourth-order valence-electron chi connectivity index (χ4n) is 7.35. The number of piperidine rings is 1. The van der Waals surface area contributed by atoms with Crippen molar-refractivity contribution in [3.05, 3.63) is 123 Å². The molecule has 22 nitrogen and oxygen atoms in total. The first kappa shape index (κ1) is 106. The van der Waals surface area contributed by atoms with Crippen LogP contribution in [0.25, 0.3) is 63.8 Å². The fourth-order valence-corrected chi connectivity index (χ4v) is 7.35. The summed E-state index contributed by atoms with van der Waals surface area (Å²) in [6.45, 7) is 5.99. The molecule has 0 N–H and O–H groups in total. The Morgan fingerprint density at radius 2 is 1.02 bits per heavy atom. The van der Waals surface area contributed by atoms with E-state index in [2.05, 4.69) is 80.7 Å². The average molecular weight is 2010 g/mol. The van der Waals surface area contributed by atoms with Gasteiger partial charge in [0.15, 0.2) is 0 Å². The van der Waals surface area contributed by atoms with Gasteiger partial charge in [-0.1, -0.05) is 74.1 Å². The maximum atomic E-state index is 11.0. The molecule has 12 rings (SSSR count). The molecule has 2 aliphatic carbocycles. The van der Waals surface area contributed by atoms with E-state index in [9.17, 15) is 43.2 Å². The quantitative estimate of drug-likeness (QED) is 0.223. The van der Waals surface area contributed by atoms with Gasteiger partial charge in [0.05, 0.1) is 48.0 Å². The van der Waals surface area contributed by atoms with E-state index < -0.39 is 0 Å². The summed E-state index contributed by atoms with van der Waals surface area (Å²) in [5.41, 5.74) is 1.81. The maximum absolute atomic E-state index is 11.0. The van der Waals surface area contributed by atoms with E-state index in [1.807, 2.05) is 24.3 Å². The molecule has 34 heteroatoms. The van der Waals surface area contributed by atoms with Gasteiger partial charge in [-0.05, 0) is 69.2 Å². The zero-order valence-corrected chi connectivity index (χ0v) is 79.1. The molecule has 0 spiro atoms. The largest absolute Gasteiger partial charge is 0.694 e. The van der Waals surface area contributed by atoms with Gasteiger partial charge in [0.1, 0.15) is 0 Å². The number of carbonyl (C=O) groups is 9. The first-order valence-electron chi connectivity index (χ1n) is 22.8. The summed E-state index contributed by atoms with van der Waals surface area (Å²) >= 11 is 0. The Morgan fingerprint density at radius 3 is 1.40 bits per heavy atom. The third-order valence-electron chi connectivity index (χ3n) is 11.0. The number of hydrogen-bond acceptors (Lipinski definition) is 10. The van der Waals surface area contributed by atoms with Gasteiger partial charge in [-0.15, -0.1) is 51.9 Å². The molecule has 8 fully saturated rings. The number of hydrogen-bond donors (Lipinski definition) is 0. The topological polar surface area (TPSA) is 332 Å². The van der Waals surface area contributed by atoms with E-state index in [1.165, 1.54) is 25.3 Å². The number of ether oxygens (including phenoxy) is 1. The fraction of sp³-hybridized carbons (Fsp3) is 0.587. The molecular weight excluding hydrogens is 1950 g/mol. The number of benzene rings is 1. The second kappa shape index (κ2) is 67.3. The van der Waals surface area contributed by atoms with Gasteiger partial charge in [0.25, 0.3) is 0 Å². The number of carbonyl (C=O) groups excluding carboxylic acids is 9. The Kier molecular flexibility index (Phi) is 88.8. The molecule has 1 aromatic rings. The van der Waals surface area contributed by atoms with Crippen LogP contribution in [0, 0.1) is 23.7 Å². The zero-order valence-electron chi connectivity index (χ0n) is 45.1. The van der Waals surface area contributed by atoms with Crippen molar-refractivity contribution in [1.29, 1.82) is 0 Å². The van der Waals surface area contributed by atoms with Gasteiger partial charge < -0.3 is 112 Å². The zero-order chi connectivity index (χ0) is 48.8. The van der Waals surface area contributed by atoms with E-state index in [4.69, 9.17) is 0 Å². The molecule has 80 heavy (non-hydrogen) atoms. The van der Waals surface area contributed by atoms with Crippen molar-refractivity contribution < 1.29 is 440 Å². The van der Waals surface area contributed by atoms with Gasteiger partial charge in [-0.2, -0.15) is 0 Å². The second-order valence-corrected chi connectivity index (χ2v) is 16.0. The summed E-state index contributed by atoms with van der Waals surface area (Å²) in [6, 6.07) is 7.15. The molecule has 410 valence electrons. The van der Waals surface area contributed by atoms with Crippen LogP contribution in [0.4, 0.5) is 4.79 Å². The molecule has 10 amide bonds. The van der Waals surface area contributed by atoms with Crippen LogP contribution in [0.1, 0.15) is 86.6 Å². The normalized spacial score (nSPS) is 21.1. The van der Waals surface area contributed by atoms with Crippen molar-refractivity contribution >= 4 is 53.3 Å². The molecule has 0 aromatic heterocycles. The first-order valence-corrected chi connectivity index (χ1v) is 22.8. The molecule has 11 aliphatic rings. The average Bonchev–Trinajstić information content (AvgIpc) is 4.25. The van der Waals surface area contributed by atoms with Gasteiger partial charge >= 0.3 is 0 Å². The molecule has 1 saturated carbocycles. The van der Waals surface area contributed by atoms with Gasteiger partial charge in [-0.25, -0.2) is 20.0 Å². The summed E-state index contributed by atoms with van der Waals surface area (Å²) in [5.74, 6) is 1.81. The molecule has 1 aromatic carbocycles. The van der Waals surface area contributed by atoms with Crippen molar-refractivity contribution in [1.82, 2.24) is 0 Å². The van der Waals surface area contributed by atoms with Crippen molar-refractivity contribution in [2.75, 3.05) is 72.6 Å². The second-order valence-electron chi connectivity index (χ2n) is 16.0. The summed E-state index contributed by atoms with van der Waals surface area (Å²) in [5, 5.41) is 43.2. The molecular formula is C46H58N12O10Y12-12. The van der Waals surface area contributed by atoms with Crippen molar-refractivity contribution in [3.8, 4) is 0 Å². The molecule has 9 aliphatic heterocycles. The summed E-state index contributed by atoms with van der Waals surface area (Å²) in [4.78, 5) is 93.3. The van der Waals surface area contributed by atoms with Crippen LogP contribution in [0.15, 0.2) is 48.6 Å². The summed E-state index contributed by atoms with van der Waals surface area (Å²) in [7, 11) is 0. The van der Waals surface area contributed by atoms with Gasteiger partial charge in [-0.3, -0.25) is 0 Å². The number of rotatable bonds is 0. The minimum Gasteiger partial charge on any atom is -0.694 e. The predicted molar refractivity (Wildman–Crippen MR) is 253 cm³/mol. The van der Waals surface area contributed by atoms with Crippen molar-refractivity contribution in [2.24, 2.45) is 23.7 Å². The smallest absolute Gasteiger partial charge is 0.0859 e. The van der Waals surface area contributed by atoms with Crippen LogP contribution in [0.3, 0.4) is 0 Å². The van der Waals surface area contributed by atoms with E-state index >= 15 is 0 Å². The van der Waals surface area contributed by atoms with E-state index in [0.717, 1.165) is 75.8 Å². The Bertz CT molecular complexity index is 1850. The summed E-state index contributed by atoms with van der Waals surface area (Å²) in [6.07, 6.45) is 18.8. The minimum absolute atomic E-state index is 0. The van der Waals surface area contributed by atoms with E-state index in [1.54, 1.807) is 6.08 Å². The number of fused-ring (bicyclic) bond motifs is 3. The molecule has 12 radical (unpaired) electrons. The van der Waals surface area contributed by atoms with E-state index in [0.29, 0.717) is 70.2 Å². The minimum atomic E-state index is -0.380. The van der Waals surface area contributed by atoms with Crippen LogP contribution in [-0.2, 0) is 437 Å². The molecule has 4 unspecified atom stereocenters. The molecule has 0 bridgehead atoms. The number of urea groups is 1. The van der Waals surface area contributed by atoms with Gasteiger partial charge in [0.2, 0.25) is 0 Å².